The number of para-hydroxylation sites is 1. The van der Waals surface area contributed by atoms with Crippen LogP contribution in [0.5, 0.6) is 0 Å². The van der Waals surface area contributed by atoms with E-state index in [9.17, 15) is 13.2 Å². The molecule has 2 heterocycles. The smallest absolute Gasteiger partial charge is 0.264 e. The Kier molecular flexibility index (Phi) is 7.42. The topological polar surface area (TPSA) is 83.5 Å². The standard InChI is InChI=1S/C28H23ClN4O3S2/c1-2-33(23-9-4-3-5-10-23)38(35,36)24-14-11-20(12-15-24)27(34)32(19-22-8-6-7-17-30-22)28-31-25-16-13-21(29)18-26(25)37-28/h3-18H,2,19H2,1H3. The number of aromatic nitrogens is 2. The lowest BCUT2D eigenvalue weighted by atomic mass is 10.2. The molecule has 0 saturated heterocycles. The predicted molar refractivity (Wildman–Crippen MR) is 152 cm³/mol. The summed E-state index contributed by atoms with van der Waals surface area (Å²) in [6.07, 6.45) is 1.67. The van der Waals surface area contributed by atoms with Crippen molar-refractivity contribution in [2.75, 3.05) is 15.7 Å². The van der Waals surface area contributed by atoms with Crippen molar-refractivity contribution in [2.24, 2.45) is 0 Å². The number of hydrogen-bond donors (Lipinski definition) is 0. The summed E-state index contributed by atoms with van der Waals surface area (Å²) < 4.78 is 28.9. The molecule has 0 unspecified atom stereocenters. The first-order valence-electron chi connectivity index (χ1n) is 11.8. The molecule has 0 aliphatic carbocycles. The van der Waals surface area contributed by atoms with Crippen LogP contribution in [0.2, 0.25) is 5.02 Å². The fourth-order valence-electron chi connectivity index (χ4n) is 4.02. The summed E-state index contributed by atoms with van der Waals surface area (Å²) in [5.74, 6) is -0.319. The average Bonchev–Trinajstić information content (AvgIpc) is 3.36. The molecule has 1 amide bonds. The number of pyridine rings is 1. The highest BCUT2D eigenvalue weighted by atomic mass is 35.5. The number of anilines is 2. The molecule has 0 N–H and O–H groups in total. The quantitative estimate of drug-likeness (QED) is 0.218. The van der Waals surface area contributed by atoms with Crippen LogP contribution in [0.25, 0.3) is 10.2 Å². The fraction of sp³-hybridized carbons (Fsp3) is 0.107. The summed E-state index contributed by atoms with van der Waals surface area (Å²) in [5, 5.41) is 1.08. The van der Waals surface area contributed by atoms with Gasteiger partial charge in [0.2, 0.25) is 0 Å². The second kappa shape index (κ2) is 10.9. The molecule has 0 aliphatic rings. The number of carbonyl (C=O) groups is 1. The summed E-state index contributed by atoms with van der Waals surface area (Å²) in [6, 6.07) is 25.8. The van der Waals surface area contributed by atoms with Gasteiger partial charge in [-0.25, -0.2) is 13.4 Å². The molecule has 192 valence electrons. The van der Waals surface area contributed by atoms with E-state index in [-0.39, 0.29) is 23.9 Å². The number of nitrogens with zero attached hydrogens (tertiary/aromatic N) is 4. The maximum absolute atomic E-state index is 13.7. The molecule has 0 fully saturated rings. The number of hydrogen-bond acceptors (Lipinski definition) is 6. The number of halogens is 1. The number of rotatable bonds is 8. The minimum Gasteiger partial charge on any atom is -0.278 e. The highest BCUT2D eigenvalue weighted by Gasteiger charge is 2.26. The molecule has 10 heteroatoms. The van der Waals surface area contributed by atoms with E-state index in [0.717, 1.165) is 10.2 Å². The Balaban J connectivity index is 1.48. The molecular weight excluding hydrogens is 540 g/mol. The highest BCUT2D eigenvalue weighted by Crippen LogP contribution is 2.32. The first kappa shape index (κ1) is 25.8. The van der Waals surface area contributed by atoms with Crippen molar-refractivity contribution < 1.29 is 13.2 Å². The SMILES string of the molecule is CCN(c1ccccc1)S(=O)(=O)c1ccc(C(=O)N(Cc2ccccn2)c2nc3ccc(Cl)cc3s2)cc1. The van der Waals surface area contributed by atoms with E-state index in [0.29, 0.717) is 27.1 Å². The first-order valence-corrected chi connectivity index (χ1v) is 14.5. The van der Waals surface area contributed by atoms with Crippen molar-refractivity contribution in [2.45, 2.75) is 18.4 Å². The van der Waals surface area contributed by atoms with Gasteiger partial charge in [0.25, 0.3) is 15.9 Å². The van der Waals surface area contributed by atoms with Crippen molar-refractivity contribution in [3.63, 3.8) is 0 Å². The lowest BCUT2D eigenvalue weighted by Gasteiger charge is -2.23. The summed E-state index contributed by atoms with van der Waals surface area (Å²) in [4.78, 5) is 24.4. The van der Waals surface area contributed by atoms with Gasteiger partial charge in [-0.05, 0) is 73.7 Å². The summed E-state index contributed by atoms with van der Waals surface area (Å²) in [6.45, 7) is 2.25. The Morgan fingerprint density at radius 3 is 2.37 bits per heavy atom. The molecule has 2 aromatic heterocycles. The first-order chi connectivity index (χ1) is 18.4. The third-order valence-electron chi connectivity index (χ3n) is 5.88. The van der Waals surface area contributed by atoms with Crippen LogP contribution < -0.4 is 9.21 Å². The van der Waals surface area contributed by atoms with Crippen LogP contribution in [0.15, 0.2) is 102 Å². The van der Waals surface area contributed by atoms with Gasteiger partial charge in [-0.2, -0.15) is 0 Å². The largest absolute Gasteiger partial charge is 0.278 e. The van der Waals surface area contributed by atoms with Gasteiger partial charge in [-0.15, -0.1) is 0 Å². The molecule has 0 saturated carbocycles. The Bertz CT molecular complexity index is 1680. The van der Waals surface area contributed by atoms with Crippen LogP contribution in [0.3, 0.4) is 0 Å². The Morgan fingerprint density at radius 2 is 1.68 bits per heavy atom. The number of benzene rings is 3. The van der Waals surface area contributed by atoms with Crippen molar-refractivity contribution in [1.29, 1.82) is 0 Å². The second-order valence-corrected chi connectivity index (χ2v) is 11.7. The van der Waals surface area contributed by atoms with Gasteiger partial charge in [0, 0.05) is 23.3 Å². The van der Waals surface area contributed by atoms with Crippen molar-refractivity contribution in [3.8, 4) is 0 Å². The summed E-state index contributed by atoms with van der Waals surface area (Å²) in [5.41, 5.74) is 2.33. The van der Waals surface area contributed by atoms with Gasteiger partial charge in [-0.1, -0.05) is 47.2 Å². The Hall–Kier alpha value is -3.79. The van der Waals surface area contributed by atoms with Crippen LogP contribution in [0, 0.1) is 0 Å². The van der Waals surface area contributed by atoms with Crippen LogP contribution in [0.4, 0.5) is 10.8 Å². The third-order valence-corrected chi connectivity index (χ3v) is 9.08. The monoisotopic (exact) mass is 562 g/mol. The number of fused-ring (bicyclic) bond motifs is 1. The second-order valence-electron chi connectivity index (χ2n) is 8.35. The zero-order chi connectivity index (χ0) is 26.7. The minimum absolute atomic E-state index is 0.102. The van der Waals surface area contributed by atoms with E-state index in [1.165, 1.54) is 39.9 Å². The fourth-order valence-corrected chi connectivity index (χ4v) is 6.73. The number of sulfonamides is 1. The van der Waals surface area contributed by atoms with Crippen molar-refractivity contribution >= 4 is 59.9 Å². The average molecular weight is 563 g/mol. The predicted octanol–water partition coefficient (Wildman–Crippen LogP) is 6.41. The van der Waals surface area contributed by atoms with Crippen molar-refractivity contribution in [3.05, 3.63) is 113 Å². The molecule has 0 bridgehead atoms. The third kappa shape index (κ3) is 5.26. The van der Waals surface area contributed by atoms with Crippen molar-refractivity contribution in [1.82, 2.24) is 9.97 Å². The highest BCUT2D eigenvalue weighted by molar-refractivity contribution is 7.92. The molecule has 5 aromatic rings. The zero-order valence-electron chi connectivity index (χ0n) is 20.4. The summed E-state index contributed by atoms with van der Waals surface area (Å²) >= 11 is 7.51. The van der Waals surface area contributed by atoms with Crippen LogP contribution >= 0.6 is 22.9 Å². The van der Waals surface area contributed by atoms with E-state index in [2.05, 4.69) is 9.97 Å². The molecule has 5 rings (SSSR count). The van der Waals surface area contributed by atoms with Gasteiger partial charge in [0.15, 0.2) is 5.13 Å². The van der Waals surface area contributed by atoms with E-state index >= 15 is 0 Å². The van der Waals surface area contributed by atoms with E-state index in [1.54, 1.807) is 48.4 Å². The van der Waals surface area contributed by atoms with Crippen LogP contribution in [-0.2, 0) is 16.6 Å². The van der Waals surface area contributed by atoms with E-state index in [1.807, 2.05) is 36.4 Å². The molecule has 0 radical (unpaired) electrons. The van der Waals surface area contributed by atoms with Crippen LogP contribution in [0.1, 0.15) is 23.0 Å². The van der Waals surface area contributed by atoms with Crippen LogP contribution in [-0.4, -0.2) is 30.8 Å². The maximum Gasteiger partial charge on any atom is 0.264 e. The normalized spacial score (nSPS) is 11.4. The number of thiazole rings is 1. The molecule has 0 atom stereocenters. The molecule has 38 heavy (non-hydrogen) atoms. The molecule has 3 aromatic carbocycles. The van der Waals surface area contributed by atoms with Gasteiger partial charge in [0.1, 0.15) is 0 Å². The van der Waals surface area contributed by atoms with Gasteiger partial charge >= 0.3 is 0 Å². The van der Waals surface area contributed by atoms with E-state index in [4.69, 9.17) is 11.6 Å². The lowest BCUT2D eigenvalue weighted by Crippen LogP contribution is -2.32. The van der Waals surface area contributed by atoms with E-state index < -0.39 is 10.0 Å². The van der Waals surface area contributed by atoms with Gasteiger partial charge in [0.05, 0.1) is 33.0 Å². The Morgan fingerprint density at radius 1 is 0.947 bits per heavy atom. The molecular formula is C28H23ClN4O3S2. The Labute approximate surface area is 230 Å². The number of amides is 1. The minimum atomic E-state index is -3.81. The van der Waals surface area contributed by atoms with Gasteiger partial charge in [-0.3, -0.25) is 19.0 Å². The summed E-state index contributed by atoms with van der Waals surface area (Å²) in [7, 11) is -3.81. The molecule has 7 nitrogen and oxygen atoms in total. The molecule has 0 aliphatic heterocycles. The lowest BCUT2D eigenvalue weighted by molar-refractivity contribution is 0.0984. The zero-order valence-corrected chi connectivity index (χ0v) is 22.7. The maximum atomic E-state index is 13.7. The molecule has 0 spiro atoms. The number of carbonyl (C=O) groups excluding carboxylic acids is 1. The van der Waals surface area contributed by atoms with Gasteiger partial charge < -0.3 is 0 Å².